The van der Waals surface area contributed by atoms with E-state index < -0.39 is 18.0 Å². The topological polar surface area (TPSA) is 126 Å². The third-order valence-electron chi connectivity index (χ3n) is 5.96. The van der Waals surface area contributed by atoms with E-state index in [0.717, 1.165) is 36.1 Å². The summed E-state index contributed by atoms with van der Waals surface area (Å²) in [7, 11) is 0. The summed E-state index contributed by atoms with van der Waals surface area (Å²) in [5, 5.41) is 16.6. The number of aryl methyl sites for hydroxylation is 1. The Labute approximate surface area is 224 Å². The number of anilines is 1. The highest BCUT2D eigenvalue weighted by atomic mass is 32.1. The molecule has 1 aromatic heterocycles. The molecule has 10 heteroatoms. The van der Waals surface area contributed by atoms with E-state index in [4.69, 9.17) is 9.47 Å². The molecule has 0 radical (unpaired) electrons. The standard InChI is InChI=1S/C28H29N3O6S/c1-3-36-28(35)24-22-6-4-5-7-23(22)38-27(24)30-26(34)19-10-14-21(15-11-19)37-17(2)25(33)31-29-16-18-8-12-20(32)13-9-18/h8-17,32H,3-7H2,1-2H3,(H,30,34)(H,31,33)/b29-16+/t17-/m1/s1. The van der Waals surface area contributed by atoms with Gasteiger partial charge in [0.05, 0.1) is 18.4 Å². The van der Waals surface area contributed by atoms with Crippen LogP contribution in [0.1, 0.15) is 63.4 Å². The number of aromatic hydroxyl groups is 1. The molecular formula is C28H29N3O6S. The molecule has 3 N–H and O–H groups in total. The van der Waals surface area contributed by atoms with Crippen molar-refractivity contribution in [1.82, 2.24) is 5.43 Å². The number of phenols is 1. The number of carbonyl (C=O) groups excluding carboxylic acids is 3. The third-order valence-corrected chi connectivity index (χ3v) is 7.17. The molecule has 0 bridgehead atoms. The van der Waals surface area contributed by atoms with Gasteiger partial charge >= 0.3 is 5.97 Å². The number of phenolic OH excluding ortho intramolecular Hbond substituents is 1. The smallest absolute Gasteiger partial charge is 0.341 e. The zero-order chi connectivity index (χ0) is 27.1. The number of nitrogens with one attached hydrogen (secondary N) is 2. The van der Waals surface area contributed by atoms with Crippen LogP contribution in [-0.2, 0) is 22.4 Å². The maximum absolute atomic E-state index is 13.0. The van der Waals surface area contributed by atoms with Gasteiger partial charge in [0, 0.05) is 10.4 Å². The zero-order valence-electron chi connectivity index (χ0n) is 21.2. The van der Waals surface area contributed by atoms with Crippen molar-refractivity contribution >= 4 is 40.3 Å². The number of rotatable bonds is 9. The second-order valence-electron chi connectivity index (χ2n) is 8.70. The second kappa shape index (κ2) is 12.4. The molecule has 38 heavy (non-hydrogen) atoms. The molecule has 3 aromatic rings. The monoisotopic (exact) mass is 535 g/mol. The minimum absolute atomic E-state index is 0.142. The predicted molar refractivity (Wildman–Crippen MR) is 145 cm³/mol. The Morgan fingerprint density at radius 1 is 1.08 bits per heavy atom. The summed E-state index contributed by atoms with van der Waals surface area (Å²) in [6, 6.07) is 12.7. The van der Waals surface area contributed by atoms with Crippen LogP contribution in [0.5, 0.6) is 11.5 Å². The number of fused-ring (bicyclic) bond motifs is 1. The molecule has 0 saturated carbocycles. The first kappa shape index (κ1) is 26.9. The van der Waals surface area contributed by atoms with Crippen LogP contribution in [-0.4, -0.2) is 41.8 Å². The van der Waals surface area contributed by atoms with Gasteiger partial charge in [0.25, 0.3) is 11.8 Å². The van der Waals surface area contributed by atoms with E-state index in [1.807, 2.05) is 0 Å². The zero-order valence-corrected chi connectivity index (χ0v) is 22.0. The van der Waals surface area contributed by atoms with Crippen molar-refractivity contribution in [2.45, 2.75) is 45.6 Å². The highest BCUT2D eigenvalue weighted by Gasteiger charge is 2.27. The number of ether oxygens (including phenoxy) is 2. The van der Waals surface area contributed by atoms with Crippen molar-refractivity contribution in [3.8, 4) is 11.5 Å². The molecule has 9 nitrogen and oxygen atoms in total. The summed E-state index contributed by atoms with van der Waals surface area (Å²) < 4.78 is 10.9. The predicted octanol–water partition coefficient (Wildman–Crippen LogP) is 4.68. The summed E-state index contributed by atoms with van der Waals surface area (Å²) in [5.41, 5.74) is 4.95. The van der Waals surface area contributed by atoms with Crippen LogP contribution in [0.15, 0.2) is 53.6 Å². The van der Waals surface area contributed by atoms with Gasteiger partial charge in [-0.25, -0.2) is 10.2 Å². The molecule has 4 rings (SSSR count). The second-order valence-corrected chi connectivity index (χ2v) is 9.81. The number of carbonyl (C=O) groups is 3. The number of thiophene rings is 1. The number of amides is 2. The van der Waals surface area contributed by atoms with E-state index in [1.165, 1.54) is 29.7 Å². The number of nitrogens with zero attached hydrogens (tertiary/aromatic N) is 1. The molecular weight excluding hydrogens is 506 g/mol. The van der Waals surface area contributed by atoms with Crippen molar-refractivity contribution in [3.63, 3.8) is 0 Å². The lowest BCUT2D eigenvalue weighted by Crippen LogP contribution is -2.33. The third kappa shape index (κ3) is 6.57. The molecule has 1 atom stereocenters. The van der Waals surface area contributed by atoms with Crippen LogP contribution in [0.4, 0.5) is 5.00 Å². The summed E-state index contributed by atoms with van der Waals surface area (Å²) in [6.07, 6.45) is 4.38. The Bertz CT molecular complexity index is 1330. The lowest BCUT2D eigenvalue weighted by atomic mass is 9.95. The number of hydrogen-bond donors (Lipinski definition) is 3. The van der Waals surface area contributed by atoms with E-state index >= 15 is 0 Å². The fraction of sp³-hybridized carbons (Fsp3) is 0.286. The van der Waals surface area contributed by atoms with Crippen molar-refractivity contribution in [2.75, 3.05) is 11.9 Å². The van der Waals surface area contributed by atoms with Gasteiger partial charge in [0.15, 0.2) is 6.10 Å². The number of esters is 1. The maximum Gasteiger partial charge on any atom is 0.341 e. The van der Waals surface area contributed by atoms with E-state index in [2.05, 4.69) is 15.8 Å². The van der Waals surface area contributed by atoms with Gasteiger partial charge in [0.1, 0.15) is 16.5 Å². The van der Waals surface area contributed by atoms with Crippen LogP contribution >= 0.6 is 11.3 Å². The van der Waals surface area contributed by atoms with E-state index in [-0.39, 0.29) is 18.3 Å². The summed E-state index contributed by atoms with van der Waals surface area (Å²) in [4.78, 5) is 39.0. The minimum Gasteiger partial charge on any atom is -0.508 e. The Morgan fingerprint density at radius 2 is 1.79 bits per heavy atom. The van der Waals surface area contributed by atoms with Crippen molar-refractivity contribution < 1.29 is 29.0 Å². The molecule has 2 amide bonds. The fourth-order valence-electron chi connectivity index (χ4n) is 4.01. The normalized spacial score (nSPS) is 13.4. The van der Waals surface area contributed by atoms with Gasteiger partial charge in [-0.3, -0.25) is 9.59 Å². The highest BCUT2D eigenvalue weighted by molar-refractivity contribution is 7.17. The Morgan fingerprint density at radius 3 is 2.50 bits per heavy atom. The van der Waals surface area contributed by atoms with E-state index in [1.54, 1.807) is 50.2 Å². The molecule has 0 aliphatic heterocycles. The van der Waals surface area contributed by atoms with Crippen LogP contribution < -0.4 is 15.5 Å². The molecule has 1 aliphatic rings. The van der Waals surface area contributed by atoms with Crippen LogP contribution in [0.25, 0.3) is 0 Å². The molecule has 0 fully saturated rings. The van der Waals surface area contributed by atoms with Gasteiger partial charge in [-0.2, -0.15) is 5.10 Å². The van der Waals surface area contributed by atoms with Crippen LogP contribution in [0.3, 0.4) is 0 Å². The Hall–Kier alpha value is -4.18. The first-order chi connectivity index (χ1) is 18.4. The first-order valence-electron chi connectivity index (χ1n) is 12.4. The first-order valence-corrected chi connectivity index (χ1v) is 13.2. The van der Waals surface area contributed by atoms with Crippen molar-refractivity contribution in [2.24, 2.45) is 5.10 Å². The lowest BCUT2D eigenvalue weighted by Gasteiger charge is -2.13. The van der Waals surface area contributed by atoms with E-state index in [9.17, 15) is 19.5 Å². The molecule has 1 aliphatic carbocycles. The number of hydrogen-bond acceptors (Lipinski definition) is 8. The van der Waals surface area contributed by atoms with Gasteiger partial charge < -0.3 is 19.9 Å². The molecule has 0 saturated heterocycles. The van der Waals surface area contributed by atoms with Gasteiger partial charge in [-0.1, -0.05) is 0 Å². The van der Waals surface area contributed by atoms with Gasteiger partial charge in [-0.15, -0.1) is 11.3 Å². The summed E-state index contributed by atoms with van der Waals surface area (Å²) in [6.45, 7) is 3.61. The Kier molecular flexibility index (Phi) is 8.75. The molecule has 0 spiro atoms. The maximum atomic E-state index is 13.0. The molecule has 0 unspecified atom stereocenters. The number of benzene rings is 2. The minimum atomic E-state index is -0.837. The summed E-state index contributed by atoms with van der Waals surface area (Å²) >= 11 is 1.43. The van der Waals surface area contributed by atoms with Crippen molar-refractivity contribution in [1.29, 1.82) is 0 Å². The molecule has 1 heterocycles. The highest BCUT2D eigenvalue weighted by Crippen LogP contribution is 2.38. The van der Waals surface area contributed by atoms with Gasteiger partial charge in [0.2, 0.25) is 0 Å². The van der Waals surface area contributed by atoms with Crippen LogP contribution in [0, 0.1) is 0 Å². The van der Waals surface area contributed by atoms with E-state index in [0.29, 0.717) is 27.4 Å². The van der Waals surface area contributed by atoms with Crippen LogP contribution in [0.2, 0.25) is 0 Å². The SMILES string of the molecule is CCOC(=O)c1c(NC(=O)c2ccc(O[C@H](C)C(=O)N/N=C/c3ccc(O)cc3)cc2)sc2c1CCCC2. The van der Waals surface area contributed by atoms with Gasteiger partial charge in [-0.05, 0) is 99.2 Å². The molecule has 2 aromatic carbocycles. The number of hydrazone groups is 1. The summed E-state index contributed by atoms with van der Waals surface area (Å²) in [5.74, 6) is -0.662. The quantitative estimate of drug-likeness (QED) is 0.208. The average Bonchev–Trinajstić information content (AvgIpc) is 3.28. The Balaban J connectivity index is 1.36. The largest absolute Gasteiger partial charge is 0.508 e. The fourth-order valence-corrected chi connectivity index (χ4v) is 5.29. The van der Waals surface area contributed by atoms with Crippen molar-refractivity contribution in [3.05, 3.63) is 75.7 Å². The molecule has 198 valence electrons. The lowest BCUT2D eigenvalue weighted by molar-refractivity contribution is -0.127. The average molecular weight is 536 g/mol.